The van der Waals surface area contributed by atoms with Gasteiger partial charge in [-0.25, -0.2) is 0 Å². The van der Waals surface area contributed by atoms with Crippen LogP contribution in [0.15, 0.2) is 48.5 Å². The van der Waals surface area contributed by atoms with Crippen LogP contribution in [0.25, 0.3) is 0 Å². The number of hydrogen-bond donors (Lipinski definition) is 1. The summed E-state index contributed by atoms with van der Waals surface area (Å²) in [6.45, 7) is 0. The largest absolute Gasteiger partial charge is 0.322 e. The van der Waals surface area contributed by atoms with E-state index in [2.05, 4.69) is 5.32 Å². The van der Waals surface area contributed by atoms with Gasteiger partial charge < -0.3 is 5.32 Å². The lowest BCUT2D eigenvalue weighted by Crippen LogP contribution is -2.33. The lowest BCUT2D eigenvalue weighted by Gasteiger charge is -2.19. The molecule has 2 saturated carbocycles. The molecule has 1 heterocycles. The minimum Gasteiger partial charge on any atom is -0.322 e. The average Bonchev–Trinajstić information content (AvgIpc) is 3.37. The van der Waals surface area contributed by atoms with E-state index in [1.54, 1.807) is 48.5 Å². The van der Waals surface area contributed by atoms with Crippen LogP contribution in [0.2, 0.25) is 5.02 Å². The number of fused-ring (bicyclic) bond motifs is 5. The van der Waals surface area contributed by atoms with E-state index in [0.717, 1.165) is 19.3 Å². The summed E-state index contributed by atoms with van der Waals surface area (Å²) in [5.41, 5.74) is 1.50. The van der Waals surface area contributed by atoms with Gasteiger partial charge in [-0.15, -0.1) is 0 Å². The smallest absolute Gasteiger partial charge is 0.255 e. The molecule has 5 nitrogen and oxygen atoms in total. The minimum absolute atomic E-state index is 0.0996. The first-order chi connectivity index (χ1) is 13.5. The van der Waals surface area contributed by atoms with Crippen molar-refractivity contribution in [1.82, 2.24) is 0 Å². The van der Waals surface area contributed by atoms with Crippen LogP contribution in [0.4, 0.5) is 11.4 Å². The molecular formula is C22H19ClN2O3. The maximum Gasteiger partial charge on any atom is 0.255 e. The number of imide groups is 1. The van der Waals surface area contributed by atoms with Gasteiger partial charge in [-0.1, -0.05) is 17.7 Å². The number of benzene rings is 2. The first-order valence-electron chi connectivity index (χ1n) is 9.58. The highest BCUT2D eigenvalue weighted by atomic mass is 35.5. The SMILES string of the molecule is O=C(Nc1ccc(Cl)cc1)c1cccc(N2C(=O)[C@@H]3[C@@H]4CC[C@H](C4)[C@@H]3C2=O)c1. The Balaban J connectivity index is 1.40. The summed E-state index contributed by atoms with van der Waals surface area (Å²) < 4.78 is 0. The molecule has 4 atom stereocenters. The van der Waals surface area contributed by atoms with Crippen LogP contribution in [-0.2, 0) is 9.59 Å². The zero-order valence-electron chi connectivity index (χ0n) is 15.1. The van der Waals surface area contributed by atoms with Crippen molar-refractivity contribution in [3.63, 3.8) is 0 Å². The van der Waals surface area contributed by atoms with Crippen molar-refractivity contribution in [2.45, 2.75) is 19.3 Å². The topological polar surface area (TPSA) is 66.5 Å². The van der Waals surface area contributed by atoms with Crippen LogP contribution >= 0.6 is 11.6 Å². The lowest BCUT2D eigenvalue weighted by molar-refractivity contribution is -0.123. The molecule has 0 aromatic heterocycles. The van der Waals surface area contributed by atoms with Crippen LogP contribution < -0.4 is 10.2 Å². The molecule has 2 aliphatic carbocycles. The van der Waals surface area contributed by atoms with Crippen molar-refractivity contribution in [2.75, 3.05) is 10.2 Å². The van der Waals surface area contributed by atoms with Crippen LogP contribution in [0.3, 0.4) is 0 Å². The summed E-state index contributed by atoms with van der Waals surface area (Å²) >= 11 is 5.87. The normalized spacial score (nSPS) is 28.0. The fourth-order valence-corrected chi connectivity index (χ4v) is 5.31. The van der Waals surface area contributed by atoms with Gasteiger partial charge in [0.05, 0.1) is 17.5 Å². The van der Waals surface area contributed by atoms with Gasteiger partial charge in [0.25, 0.3) is 5.91 Å². The van der Waals surface area contributed by atoms with Crippen LogP contribution in [0.5, 0.6) is 0 Å². The molecule has 2 aromatic rings. The second-order valence-corrected chi connectivity index (χ2v) is 8.34. The zero-order valence-corrected chi connectivity index (χ0v) is 15.9. The molecule has 3 amide bonds. The fourth-order valence-electron chi connectivity index (χ4n) is 5.19. The Morgan fingerprint density at radius 2 is 1.61 bits per heavy atom. The Morgan fingerprint density at radius 3 is 2.25 bits per heavy atom. The van der Waals surface area contributed by atoms with E-state index < -0.39 is 0 Å². The van der Waals surface area contributed by atoms with Crippen molar-refractivity contribution in [3.05, 3.63) is 59.1 Å². The lowest BCUT2D eigenvalue weighted by atomic mass is 9.81. The molecule has 2 bridgehead atoms. The molecule has 28 heavy (non-hydrogen) atoms. The number of nitrogens with one attached hydrogen (secondary N) is 1. The molecule has 0 unspecified atom stereocenters. The first-order valence-corrected chi connectivity index (χ1v) is 9.95. The predicted molar refractivity (Wildman–Crippen MR) is 106 cm³/mol. The maximum atomic E-state index is 13.0. The number of rotatable bonds is 3. The Kier molecular flexibility index (Phi) is 4.02. The molecule has 1 saturated heterocycles. The molecule has 3 fully saturated rings. The van der Waals surface area contributed by atoms with Crippen molar-refractivity contribution in [2.24, 2.45) is 23.7 Å². The molecule has 6 heteroatoms. The Bertz CT molecular complexity index is 960. The average molecular weight is 395 g/mol. The van der Waals surface area contributed by atoms with Gasteiger partial charge in [0, 0.05) is 16.3 Å². The number of halogens is 1. The van der Waals surface area contributed by atoms with Gasteiger partial charge >= 0.3 is 0 Å². The van der Waals surface area contributed by atoms with Gasteiger partial charge in [-0.05, 0) is 73.6 Å². The summed E-state index contributed by atoms with van der Waals surface area (Å²) in [5.74, 6) is -0.158. The van der Waals surface area contributed by atoms with Gasteiger partial charge in [-0.3, -0.25) is 19.3 Å². The molecular weight excluding hydrogens is 376 g/mol. The Labute approximate surface area is 167 Å². The summed E-state index contributed by atoms with van der Waals surface area (Å²) in [6, 6.07) is 13.5. The molecule has 5 rings (SSSR count). The standard InChI is InChI=1S/C22H19ClN2O3/c23-15-6-8-16(9-7-15)24-20(26)14-2-1-3-17(11-14)25-21(27)18-12-4-5-13(10-12)19(18)22(25)28/h1-3,6-9,11-13,18-19H,4-5,10H2,(H,24,26)/t12-,13-,18-,19+/m1/s1. The second kappa shape index (κ2) is 6.45. The highest BCUT2D eigenvalue weighted by Gasteiger charge is 2.61. The van der Waals surface area contributed by atoms with Crippen molar-refractivity contribution >= 4 is 40.7 Å². The molecule has 1 N–H and O–H groups in total. The zero-order chi connectivity index (χ0) is 19.4. The van der Waals surface area contributed by atoms with E-state index in [4.69, 9.17) is 11.6 Å². The third-order valence-electron chi connectivity index (χ3n) is 6.40. The third-order valence-corrected chi connectivity index (χ3v) is 6.65. The van der Waals surface area contributed by atoms with Crippen LogP contribution in [0, 0.1) is 23.7 Å². The Hall–Kier alpha value is -2.66. The molecule has 0 spiro atoms. The predicted octanol–water partition coefficient (Wildman–Crippen LogP) is 4.13. The molecule has 0 radical (unpaired) electrons. The summed E-state index contributed by atoms with van der Waals surface area (Å²) in [4.78, 5) is 39.9. The van der Waals surface area contributed by atoms with Crippen molar-refractivity contribution in [1.29, 1.82) is 0 Å². The van der Waals surface area contributed by atoms with Crippen LogP contribution in [0.1, 0.15) is 29.6 Å². The summed E-state index contributed by atoms with van der Waals surface area (Å²) in [6.07, 6.45) is 3.09. The second-order valence-electron chi connectivity index (χ2n) is 7.91. The number of anilines is 2. The van der Waals surface area contributed by atoms with Gasteiger partial charge in [0.2, 0.25) is 11.8 Å². The summed E-state index contributed by atoms with van der Waals surface area (Å²) in [7, 11) is 0. The number of carbonyl (C=O) groups excluding carboxylic acids is 3. The molecule has 3 aliphatic rings. The van der Waals surface area contributed by atoms with E-state index in [-0.39, 0.29) is 29.6 Å². The number of amides is 3. The van der Waals surface area contributed by atoms with E-state index in [1.807, 2.05) is 0 Å². The van der Waals surface area contributed by atoms with Gasteiger partial charge in [0.1, 0.15) is 0 Å². The quantitative estimate of drug-likeness (QED) is 0.796. The van der Waals surface area contributed by atoms with E-state index in [0.29, 0.717) is 33.8 Å². The maximum absolute atomic E-state index is 13.0. The third kappa shape index (κ3) is 2.65. The van der Waals surface area contributed by atoms with Gasteiger partial charge in [-0.2, -0.15) is 0 Å². The van der Waals surface area contributed by atoms with Crippen LogP contribution in [-0.4, -0.2) is 17.7 Å². The highest BCUT2D eigenvalue weighted by molar-refractivity contribution is 6.30. The molecule has 142 valence electrons. The van der Waals surface area contributed by atoms with Gasteiger partial charge in [0.15, 0.2) is 0 Å². The number of nitrogens with zero attached hydrogens (tertiary/aromatic N) is 1. The Morgan fingerprint density at radius 1 is 0.964 bits per heavy atom. The molecule has 1 aliphatic heterocycles. The van der Waals surface area contributed by atoms with E-state index in [9.17, 15) is 14.4 Å². The molecule has 2 aromatic carbocycles. The number of carbonyl (C=O) groups is 3. The van der Waals surface area contributed by atoms with E-state index in [1.165, 1.54) is 4.90 Å². The van der Waals surface area contributed by atoms with Crippen molar-refractivity contribution < 1.29 is 14.4 Å². The minimum atomic E-state index is -0.302. The highest BCUT2D eigenvalue weighted by Crippen LogP contribution is 2.56. The number of hydrogen-bond acceptors (Lipinski definition) is 3. The van der Waals surface area contributed by atoms with Crippen molar-refractivity contribution in [3.8, 4) is 0 Å². The summed E-state index contributed by atoms with van der Waals surface area (Å²) in [5, 5.41) is 3.39. The first kappa shape index (κ1) is 17.4. The fraction of sp³-hybridized carbons (Fsp3) is 0.318. The monoisotopic (exact) mass is 394 g/mol. The van der Waals surface area contributed by atoms with E-state index >= 15 is 0 Å².